The summed E-state index contributed by atoms with van der Waals surface area (Å²) in [6.45, 7) is 8.79. The topological polar surface area (TPSA) is 89.1 Å². The van der Waals surface area contributed by atoms with Crippen LogP contribution >= 0.6 is 0 Å². The van der Waals surface area contributed by atoms with Crippen molar-refractivity contribution in [3.05, 3.63) is 69.8 Å². The molecule has 1 aromatic heterocycles. The monoisotopic (exact) mass is 402 g/mol. The van der Waals surface area contributed by atoms with Gasteiger partial charge in [-0.2, -0.15) is 0 Å². The summed E-state index contributed by atoms with van der Waals surface area (Å²) < 4.78 is 16.1. The van der Waals surface area contributed by atoms with E-state index >= 15 is 0 Å². The van der Waals surface area contributed by atoms with Crippen molar-refractivity contribution in [2.75, 3.05) is 7.11 Å². The van der Waals surface area contributed by atoms with Gasteiger partial charge in [0.25, 0.3) is 0 Å². The van der Waals surface area contributed by atoms with Crippen LogP contribution in [0.1, 0.15) is 39.0 Å². The average molecular weight is 402 g/mol. The van der Waals surface area contributed by atoms with Crippen molar-refractivity contribution in [2.45, 2.75) is 58.0 Å². The summed E-state index contributed by atoms with van der Waals surface area (Å²) in [5, 5.41) is 20.8. The van der Waals surface area contributed by atoms with Crippen molar-refractivity contribution in [3.63, 3.8) is 0 Å². The molecule has 0 amide bonds. The highest BCUT2D eigenvalue weighted by Gasteiger charge is 2.55. The van der Waals surface area contributed by atoms with Gasteiger partial charge in [-0.15, -0.1) is 0 Å². The van der Waals surface area contributed by atoms with E-state index in [0.29, 0.717) is 11.5 Å². The number of aliphatic hydroxyl groups excluding tert-OH is 1. The third-order valence-electron chi connectivity index (χ3n) is 5.22. The number of hydrogen-bond donors (Lipinski definition) is 2. The van der Waals surface area contributed by atoms with Crippen molar-refractivity contribution in [1.29, 1.82) is 0 Å². The molecular formula is C23H30O6. The average Bonchev–Trinajstić information content (AvgIpc) is 2.79. The number of aliphatic hydroxyl groups is 2. The van der Waals surface area contributed by atoms with E-state index in [1.54, 1.807) is 39.0 Å². The Hall–Kier alpha value is -2.41. The fourth-order valence-corrected chi connectivity index (χ4v) is 3.38. The lowest BCUT2D eigenvalue weighted by molar-refractivity contribution is -0.0579. The minimum atomic E-state index is -1.30. The predicted molar refractivity (Wildman–Crippen MR) is 113 cm³/mol. The fraction of sp³-hybridized carbons (Fsp3) is 0.435. The zero-order valence-corrected chi connectivity index (χ0v) is 17.8. The van der Waals surface area contributed by atoms with Gasteiger partial charge in [-0.3, -0.25) is 0 Å². The summed E-state index contributed by atoms with van der Waals surface area (Å²) >= 11 is 0. The Bertz CT molecular complexity index is 902. The third kappa shape index (κ3) is 5.15. The molecule has 4 atom stereocenters. The Balaban J connectivity index is 2.04. The molecular weight excluding hydrogens is 372 g/mol. The van der Waals surface area contributed by atoms with Crippen molar-refractivity contribution in [1.82, 2.24) is 0 Å². The van der Waals surface area contributed by atoms with Gasteiger partial charge in [0.2, 0.25) is 0 Å². The van der Waals surface area contributed by atoms with Gasteiger partial charge in [0, 0.05) is 5.56 Å². The Morgan fingerprint density at radius 1 is 1.24 bits per heavy atom. The zero-order valence-electron chi connectivity index (χ0n) is 17.8. The quantitative estimate of drug-likeness (QED) is 0.710. The van der Waals surface area contributed by atoms with E-state index in [4.69, 9.17) is 13.9 Å². The van der Waals surface area contributed by atoms with Crippen molar-refractivity contribution >= 4 is 6.08 Å². The van der Waals surface area contributed by atoms with Crippen LogP contribution in [-0.4, -0.2) is 40.7 Å². The van der Waals surface area contributed by atoms with Gasteiger partial charge in [-0.05, 0) is 46.8 Å². The predicted octanol–water partition coefficient (Wildman–Crippen LogP) is 3.32. The number of ether oxygens (including phenoxy) is 2. The highest BCUT2D eigenvalue weighted by molar-refractivity contribution is 5.52. The van der Waals surface area contributed by atoms with Gasteiger partial charge in [0.15, 0.2) is 0 Å². The van der Waals surface area contributed by atoms with Crippen LogP contribution in [0.25, 0.3) is 6.08 Å². The van der Waals surface area contributed by atoms with Crippen LogP contribution < -0.4 is 10.4 Å². The van der Waals surface area contributed by atoms with Gasteiger partial charge in [-0.25, -0.2) is 4.79 Å². The summed E-state index contributed by atoms with van der Waals surface area (Å²) in [5.41, 5.74) is -1.08. The molecule has 0 aliphatic carbocycles. The molecule has 1 aromatic rings. The van der Waals surface area contributed by atoms with Crippen LogP contribution in [0.3, 0.4) is 0 Å². The van der Waals surface area contributed by atoms with Gasteiger partial charge in [0.05, 0.1) is 19.3 Å². The molecule has 29 heavy (non-hydrogen) atoms. The van der Waals surface area contributed by atoms with Crippen LogP contribution in [0.2, 0.25) is 0 Å². The summed E-state index contributed by atoms with van der Waals surface area (Å²) in [6, 6.07) is 1.31. The van der Waals surface area contributed by atoms with Gasteiger partial charge in [0.1, 0.15) is 28.8 Å². The van der Waals surface area contributed by atoms with Gasteiger partial charge in [-0.1, -0.05) is 36.0 Å². The largest absolute Gasteiger partial charge is 0.496 e. The Labute approximate surface area is 171 Å². The standard InChI is InChI=1S/C23H30O6/c1-15(14-22(4)21(25)23(5,26)17(3)29-22)11-9-7-8-10-12-18-16(2)19(27-6)13-20(24)28-18/h7-14,17,21,25-26H,1-6H3/b8-7+,11-9+,12-10+,15-14-. The maximum Gasteiger partial charge on any atom is 0.339 e. The van der Waals surface area contributed by atoms with E-state index in [-0.39, 0.29) is 0 Å². The molecule has 2 N–H and O–H groups in total. The SMILES string of the molecule is COc1cc(=O)oc(/C=C/C=C/C=C/C(C)=C\C2(C)OC(C)C(C)(O)C2O)c1C. The molecule has 2 rings (SSSR count). The van der Waals surface area contributed by atoms with E-state index in [9.17, 15) is 15.0 Å². The molecule has 1 fully saturated rings. The lowest BCUT2D eigenvalue weighted by Crippen LogP contribution is -2.47. The molecule has 1 aliphatic heterocycles. The van der Waals surface area contributed by atoms with Crippen LogP contribution in [0, 0.1) is 6.92 Å². The van der Waals surface area contributed by atoms with Crippen LogP contribution in [0.4, 0.5) is 0 Å². The van der Waals surface area contributed by atoms with E-state index in [2.05, 4.69) is 0 Å². The Morgan fingerprint density at radius 3 is 2.48 bits per heavy atom. The Morgan fingerprint density at radius 2 is 1.90 bits per heavy atom. The van der Waals surface area contributed by atoms with Gasteiger partial charge < -0.3 is 24.1 Å². The normalized spacial score (nSPS) is 30.8. The molecule has 0 aromatic carbocycles. The highest BCUT2D eigenvalue weighted by atomic mass is 16.6. The summed E-state index contributed by atoms with van der Waals surface area (Å²) in [4.78, 5) is 11.5. The minimum absolute atomic E-state index is 0.445. The first kappa shape index (κ1) is 22.9. The number of rotatable bonds is 6. The van der Waals surface area contributed by atoms with Gasteiger partial charge >= 0.3 is 5.63 Å². The zero-order chi connectivity index (χ0) is 21.8. The highest BCUT2D eigenvalue weighted by Crippen LogP contribution is 2.39. The lowest BCUT2D eigenvalue weighted by atomic mass is 9.86. The molecule has 1 aliphatic rings. The molecule has 6 nitrogen and oxygen atoms in total. The molecule has 158 valence electrons. The first-order valence-corrected chi connectivity index (χ1v) is 9.49. The summed E-state index contributed by atoms with van der Waals surface area (Å²) in [6.07, 6.45) is 11.1. The van der Waals surface area contributed by atoms with Crippen LogP contribution in [0.15, 0.2) is 57.3 Å². The molecule has 0 saturated carbocycles. The second kappa shape index (κ2) is 8.95. The van der Waals surface area contributed by atoms with Crippen LogP contribution in [-0.2, 0) is 4.74 Å². The van der Waals surface area contributed by atoms with E-state index in [0.717, 1.165) is 11.1 Å². The summed E-state index contributed by atoms with van der Waals surface area (Å²) in [5.74, 6) is 0.934. The molecule has 0 radical (unpaired) electrons. The smallest absolute Gasteiger partial charge is 0.339 e. The number of allylic oxidation sites excluding steroid dienone is 6. The number of hydrogen-bond acceptors (Lipinski definition) is 6. The molecule has 4 unspecified atom stereocenters. The van der Waals surface area contributed by atoms with Crippen molar-refractivity contribution in [3.8, 4) is 5.75 Å². The van der Waals surface area contributed by atoms with E-state index in [1.807, 2.05) is 38.2 Å². The minimum Gasteiger partial charge on any atom is -0.496 e. The molecule has 0 spiro atoms. The Kier molecular flexibility index (Phi) is 7.06. The maximum atomic E-state index is 11.5. The van der Waals surface area contributed by atoms with Crippen molar-refractivity contribution < 1.29 is 24.1 Å². The number of methoxy groups -OCH3 is 1. The lowest BCUT2D eigenvalue weighted by Gasteiger charge is -2.28. The van der Waals surface area contributed by atoms with E-state index < -0.39 is 29.0 Å². The van der Waals surface area contributed by atoms with Crippen molar-refractivity contribution in [2.24, 2.45) is 0 Å². The first-order chi connectivity index (χ1) is 13.5. The molecule has 0 bridgehead atoms. The molecule has 1 saturated heterocycles. The third-order valence-corrected chi connectivity index (χ3v) is 5.22. The maximum absolute atomic E-state index is 11.5. The summed E-state index contributed by atoms with van der Waals surface area (Å²) in [7, 11) is 1.51. The second-order valence-electron chi connectivity index (χ2n) is 7.69. The second-order valence-corrected chi connectivity index (χ2v) is 7.69. The fourth-order valence-electron chi connectivity index (χ4n) is 3.38. The van der Waals surface area contributed by atoms with Crippen LogP contribution in [0.5, 0.6) is 5.75 Å². The molecule has 2 heterocycles. The first-order valence-electron chi connectivity index (χ1n) is 9.49. The van der Waals surface area contributed by atoms with E-state index in [1.165, 1.54) is 13.2 Å². The molecule has 6 heteroatoms.